The van der Waals surface area contributed by atoms with Gasteiger partial charge in [-0.1, -0.05) is 54.6 Å². The van der Waals surface area contributed by atoms with Crippen LogP contribution in [0.25, 0.3) is 65.5 Å². The molecular weight excluding hydrogens is 513 g/mol. The third kappa shape index (κ3) is 3.33. The molecule has 7 aromatic rings. The van der Waals surface area contributed by atoms with Gasteiger partial charge in [0.05, 0.1) is 33.0 Å². The van der Waals surface area contributed by atoms with Crippen LogP contribution in [0.1, 0.15) is 5.56 Å². The Morgan fingerprint density at radius 1 is 0.575 bits per heavy atom. The molecule has 0 aliphatic rings. The van der Waals surface area contributed by atoms with Crippen LogP contribution in [0.5, 0.6) is 0 Å². The summed E-state index contributed by atoms with van der Waals surface area (Å²) in [6, 6.07) is 25.2. The molecule has 0 amide bonds. The van der Waals surface area contributed by atoms with Gasteiger partial charge in [0.15, 0.2) is 10.9 Å². The fourth-order valence-electron chi connectivity index (χ4n) is 5.97. The van der Waals surface area contributed by atoms with Gasteiger partial charge in [0.1, 0.15) is 0 Å². The lowest BCUT2D eigenvalue weighted by Crippen LogP contribution is -2.14. The van der Waals surface area contributed by atoms with Gasteiger partial charge in [-0.15, -0.1) is 0 Å². The number of hydrogen-bond donors (Lipinski definition) is 0. The SMILES string of the molecule is Cn1c2ccc(-c3ccccc3C(F)(F)F)cc2c(=O)c2cc3c(cc21)c(=O)c1c2ccccc2ccc1n3C. The molecule has 0 saturated carbocycles. The second-order valence-electron chi connectivity index (χ2n) is 10.1. The highest BCUT2D eigenvalue weighted by molar-refractivity contribution is 6.11. The maximum Gasteiger partial charge on any atom is 0.417 e. The van der Waals surface area contributed by atoms with Gasteiger partial charge >= 0.3 is 6.18 Å². The fourth-order valence-corrected chi connectivity index (χ4v) is 5.97. The molecule has 0 aliphatic carbocycles. The minimum absolute atomic E-state index is 0.0126. The van der Waals surface area contributed by atoms with E-state index < -0.39 is 11.7 Å². The molecule has 0 atom stereocenters. The lowest BCUT2D eigenvalue weighted by atomic mass is 9.96. The van der Waals surface area contributed by atoms with E-state index in [-0.39, 0.29) is 16.4 Å². The Morgan fingerprint density at radius 3 is 1.93 bits per heavy atom. The summed E-state index contributed by atoms with van der Waals surface area (Å²) in [7, 11) is 3.66. The second kappa shape index (κ2) is 8.29. The lowest BCUT2D eigenvalue weighted by molar-refractivity contribution is -0.137. The third-order valence-corrected chi connectivity index (χ3v) is 7.97. The Hall–Kier alpha value is -4.91. The highest BCUT2D eigenvalue weighted by Crippen LogP contribution is 2.38. The molecule has 4 nitrogen and oxygen atoms in total. The van der Waals surface area contributed by atoms with Crippen LogP contribution in [0.15, 0.2) is 101 Å². The minimum Gasteiger partial charge on any atom is -0.343 e. The summed E-state index contributed by atoms with van der Waals surface area (Å²) in [5.74, 6) is 0. The first-order valence-electron chi connectivity index (χ1n) is 12.7. The Labute approximate surface area is 225 Å². The molecule has 0 bridgehead atoms. The van der Waals surface area contributed by atoms with Crippen LogP contribution in [0.2, 0.25) is 0 Å². The lowest BCUT2D eigenvalue weighted by Gasteiger charge is -2.16. The number of aromatic nitrogens is 2. The number of pyridine rings is 2. The van der Waals surface area contributed by atoms with Crippen molar-refractivity contribution < 1.29 is 13.2 Å². The van der Waals surface area contributed by atoms with Crippen molar-refractivity contribution in [2.24, 2.45) is 14.1 Å². The van der Waals surface area contributed by atoms with Crippen LogP contribution in [0.4, 0.5) is 13.2 Å². The van der Waals surface area contributed by atoms with E-state index in [1.54, 1.807) is 37.4 Å². The maximum absolute atomic E-state index is 13.9. The van der Waals surface area contributed by atoms with Gasteiger partial charge in [0, 0.05) is 30.3 Å². The van der Waals surface area contributed by atoms with Crippen molar-refractivity contribution in [2.75, 3.05) is 0 Å². The highest BCUT2D eigenvalue weighted by atomic mass is 19.4. The summed E-state index contributed by atoms with van der Waals surface area (Å²) in [5, 5.41) is 3.63. The molecule has 2 heterocycles. The molecule has 2 aromatic heterocycles. The smallest absolute Gasteiger partial charge is 0.343 e. The Bertz CT molecular complexity index is 2330. The Kier molecular flexibility index (Phi) is 5.01. The van der Waals surface area contributed by atoms with Crippen molar-refractivity contribution in [3.05, 3.63) is 117 Å². The standard InChI is InChI=1S/C33H21F3N2O2/c1-37-26-13-12-19(20-8-5-6-10-25(20)33(34,35)36)15-22(26)31(39)23-16-29-24(17-28(23)37)32(40)30-21-9-4-3-7-18(21)11-14-27(30)38(29)2/h3-17H,1-2H3. The molecule has 0 spiro atoms. The molecule has 0 fully saturated rings. The van der Waals surface area contributed by atoms with E-state index >= 15 is 0 Å². The van der Waals surface area contributed by atoms with Gasteiger partial charge < -0.3 is 9.13 Å². The monoisotopic (exact) mass is 534 g/mol. The topological polar surface area (TPSA) is 44.0 Å². The molecule has 196 valence electrons. The van der Waals surface area contributed by atoms with Crippen molar-refractivity contribution >= 4 is 54.4 Å². The van der Waals surface area contributed by atoms with E-state index in [2.05, 4.69) is 0 Å². The molecule has 5 aromatic carbocycles. The number of alkyl halides is 3. The van der Waals surface area contributed by atoms with Gasteiger partial charge in [0.2, 0.25) is 0 Å². The van der Waals surface area contributed by atoms with Gasteiger partial charge in [-0.3, -0.25) is 9.59 Å². The number of nitrogens with zero attached hydrogens (tertiary/aromatic N) is 2. The van der Waals surface area contributed by atoms with Crippen molar-refractivity contribution in [2.45, 2.75) is 6.18 Å². The van der Waals surface area contributed by atoms with Crippen LogP contribution in [-0.4, -0.2) is 9.13 Å². The van der Waals surface area contributed by atoms with Crippen LogP contribution in [0.3, 0.4) is 0 Å². The normalized spacial score (nSPS) is 12.3. The quantitative estimate of drug-likeness (QED) is 0.161. The van der Waals surface area contributed by atoms with Crippen LogP contribution >= 0.6 is 0 Å². The Balaban J connectivity index is 1.57. The summed E-state index contributed by atoms with van der Waals surface area (Å²) in [4.78, 5) is 27.7. The van der Waals surface area contributed by atoms with Crippen molar-refractivity contribution in [3.63, 3.8) is 0 Å². The first kappa shape index (κ1) is 24.2. The summed E-state index contributed by atoms with van der Waals surface area (Å²) < 4.78 is 44.9. The fraction of sp³-hybridized carbons (Fsp3) is 0.0909. The van der Waals surface area contributed by atoms with Crippen molar-refractivity contribution in [1.82, 2.24) is 9.13 Å². The molecule has 0 saturated heterocycles. The van der Waals surface area contributed by atoms with E-state index in [9.17, 15) is 22.8 Å². The average Bonchev–Trinajstić information content (AvgIpc) is 2.96. The molecule has 7 rings (SSSR count). The van der Waals surface area contributed by atoms with E-state index in [0.29, 0.717) is 43.7 Å². The number of rotatable bonds is 1. The first-order chi connectivity index (χ1) is 19.1. The molecular formula is C33H21F3N2O2. The van der Waals surface area contributed by atoms with Gasteiger partial charge in [0.25, 0.3) is 0 Å². The Morgan fingerprint density at radius 2 is 1.18 bits per heavy atom. The van der Waals surface area contributed by atoms with Gasteiger partial charge in [-0.05, 0) is 58.3 Å². The predicted molar refractivity (Wildman–Crippen MR) is 155 cm³/mol. The van der Waals surface area contributed by atoms with Crippen LogP contribution in [0, 0.1) is 0 Å². The second-order valence-corrected chi connectivity index (χ2v) is 10.1. The van der Waals surface area contributed by atoms with E-state index in [4.69, 9.17) is 0 Å². The minimum atomic E-state index is -4.53. The number of aryl methyl sites for hydroxylation is 2. The van der Waals surface area contributed by atoms with Crippen LogP contribution in [-0.2, 0) is 20.3 Å². The summed E-state index contributed by atoms with van der Waals surface area (Å²) in [6.07, 6.45) is -4.53. The zero-order valence-corrected chi connectivity index (χ0v) is 21.5. The largest absolute Gasteiger partial charge is 0.417 e. The summed E-state index contributed by atoms with van der Waals surface area (Å²) >= 11 is 0. The number of hydrogen-bond acceptors (Lipinski definition) is 2. The first-order valence-corrected chi connectivity index (χ1v) is 12.7. The van der Waals surface area contributed by atoms with Crippen molar-refractivity contribution in [3.8, 4) is 11.1 Å². The summed E-state index contributed by atoms with van der Waals surface area (Å²) in [5.41, 5.74) is 1.64. The number of fused-ring (bicyclic) bond motifs is 6. The van der Waals surface area contributed by atoms with Gasteiger partial charge in [-0.2, -0.15) is 13.2 Å². The highest BCUT2D eigenvalue weighted by Gasteiger charge is 2.33. The molecule has 0 radical (unpaired) electrons. The van der Waals surface area contributed by atoms with E-state index in [0.717, 1.165) is 22.4 Å². The van der Waals surface area contributed by atoms with E-state index in [1.165, 1.54) is 18.2 Å². The molecule has 7 heteroatoms. The third-order valence-electron chi connectivity index (χ3n) is 7.97. The molecule has 0 N–H and O–H groups in total. The zero-order chi connectivity index (χ0) is 27.9. The predicted octanol–water partition coefficient (Wildman–Crippen LogP) is 7.54. The van der Waals surface area contributed by atoms with Crippen LogP contribution < -0.4 is 10.9 Å². The average molecular weight is 535 g/mol. The molecule has 0 aliphatic heterocycles. The zero-order valence-electron chi connectivity index (χ0n) is 21.5. The number of halogens is 3. The summed E-state index contributed by atoms with van der Waals surface area (Å²) in [6.45, 7) is 0. The number of benzene rings is 5. The van der Waals surface area contributed by atoms with Crippen molar-refractivity contribution in [1.29, 1.82) is 0 Å². The molecule has 0 unspecified atom stereocenters. The maximum atomic E-state index is 13.9. The molecule has 40 heavy (non-hydrogen) atoms. The van der Waals surface area contributed by atoms with Gasteiger partial charge in [-0.25, -0.2) is 0 Å². The van der Waals surface area contributed by atoms with E-state index in [1.807, 2.05) is 52.6 Å².